The highest BCUT2D eigenvalue weighted by Crippen LogP contribution is 2.36. The first-order chi connectivity index (χ1) is 9.16. The number of nitrogens with one attached hydrogen (secondary N) is 1. The molecule has 0 aromatic heterocycles. The molecule has 1 aromatic carbocycles. The third kappa shape index (κ3) is 2.83. The minimum Gasteiger partial charge on any atom is -0.314 e. The zero-order chi connectivity index (χ0) is 13.4. The van der Waals surface area contributed by atoms with E-state index in [1.54, 1.807) is 0 Å². The summed E-state index contributed by atoms with van der Waals surface area (Å²) >= 11 is 3.13. The van der Waals surface area contributed by atoms with Crippen molar-refractivity contribution in [3.8, 4) is 0 Å². The zero-order valence-corrected chi connectivity index (χ0v) is 12.2. The van der Waals surface area contributed by atoms with Gasteiger partial charge in [-0.2, -0.15) is 0 Å². The molecular formula is C14H17BrF2N2. The molecule has 1 saturated heterocycles. The summed E-state index contributed by atoms with van der Waals surface area (Å²) in [5.74, 6) is -0.215. The largest absolute Gasteiger partial charge is 0.314 e. The van der Waals surface area contributed by atoms with Gasteiger partial charge in [-0.1, -0.05) is 0 Å². The Morgan fingerprint density at radius 2 is 2.11 bits per heavy atom. The van der Waals surface area contributed by atoms with Crippen molar-refractivity contribution in [1.29, 1.82) is 0 Å². The van der Waals surface area contributed by atoms with Crippen LogP contribution < -0.4 is 5.32 Å². The van der Waals surface area contributed by atoms with Gasteiger partial charge in [0.2, 0.25) is 0 Å². The number of hydrogen-bond donors (Lipinski definition) is 1. The molecule has 1 heterocycles. The maximum absolute atomic E-state index is 14.0. The molecule has 2 nitrogen and oxygen atoms in total. The maximum atomic E-state index is 14.0. The Balaban J connectivity index is 1.81. The number of hydrogen-bond acceptors (Lipinski definition) is 2. The van der Waals surface area contributed by atoms with E-state index in [1.807, 2.05) is 0 Å². The predicted molar refractivity (Wildman–Crippen MR) is 73.8 cm³/mol. The summed E-state index contributed by atoms with van der Waals surface area (Å²) in [5, 5.41) is 3.37. The van der Waals surface area contributed by atoms with E-state index in [-0.39, 0.29) is 5.56 Å². The van der Waals surface area contributed by atoms with Crippen molar-refractivity contribution in [1.82, 2.24) is 10.2 Å². The van der Waals surface area contributed by atoms with E-state index < -0.39 is 11.6 Å². The van der Waals surface area contributed by atoms with Crippen LogP contribution in [0.4, 0.5) is 8.78 Å². The molecule has 0 radical (unpaired) electrons. The molecule has 0 spiro atoms. The topological polar surface area (TPSA) is 15.3 Å². The summed E-state index contributed by atoms with van der Waals surface area (Å²) in [7, 11) is 0. The Kier molecular flexibility index (Phi) is 3.87. The SMILES string of the molecule is Fc1ccc(Br)c(F)c1CN1CCNCC1C1CC1. The van der Waals surface area contributed by atoms with Crippen molar-refractivity contribution < 1.29 is 8.78 Å². The summed E-state index contributed by atoms with van der Waals surface area (Å²) < 4.78 is 28.2. The Hall–Kier alpha value is -0.520. The molecule has 1 atom stereocenters. The van der Waals surface area contributed by atoms with Gasteiger partial charge in [-0.05, 0) is 46.8 Å². The highest BCUT2D eigenvalue weighted by Gasteiger charge is 2.37. The lowest BCUT2D eigenvalue weighted by molar-refractivity contribution is 0.132. The lowest BCUT2D eigenvalue weighted by Crippen LogP contribution is -2.51. The highest BCUT2D eigenvalue weighted by molar-refractivity contribution is 9.10. The number of nitrogens with zero attached hydrogens (tertiary/aromatic N) is 1. The van der Waals surface area contributed by atoms with Crippen LogP contribution in [0.3, 0.4) is 0 Å². The van der Waals surface area contributed by atoms with E-state index in [0.29, 0.717) is 23.0 Å². The molecule has 1 unspecified atom stereocenters. The van der Waals surface area contributed by atoms with E-state index in [4.69, 9.17) is 0 Å². The van der Waals surface area contributed by atoms with Gasteiger partial charge in [0.1, 0.15) is 11.6 Å². The Morgan fingerprint density at radius 1 is 1.32 bits per heavy atom. The van der Waals surface area contributed by atoms with Crippen LogP contribution in [0.5, 0.6) is 0 Å². The summed E-state index contributed by atoms with van der Waals surface area (Å²) in [6, 6.07) is 3.17. The van der Waals surface area contributed by atoms with Gasteiger partial charge in [-0.15, -0.1) is 0 Å². The van der Waals surface area contributed by atoms with Gasteiger partial charge in [0, 0.05) is 37.8 Å². The Morgan fingerprint density at radius 3 is 2.84 bits per heavy atom. The summed E-state index contributed by atoms with van der Waals surface area (Å²) in [5.41, 5.74) is 0.182. The predicted octanol–water partition coefficient (Wildman–Crippen LogP) is 2.91. The first-order valence-corrected chi connectivity index (χ1v) is 7.53. The lowest BCUT2D eigenvalue weighted by Gasteiger charge is -2.36. The van der Waals surface area contributed by atoms with Gasteiger partial charge in [0.05, 0.1) is 4.47 Å². The molecule has 2 aliphatic rings. The number of piperazine rings is 1. The molecule has 1 aliphatic heterocycles. The fraction of sp³-hybridized carbons (Fsp3) is 0.571. The molecule has 1 saturated carbocycles. The van der Waals surface area contributed by atoms with Crippen molar-refractivity contribution in [3.63, 3.8) is 0 Å². The summed E-state index contributed by atoms with van der Waals surface area (Å²) in [4.78, 5) is 2.22. The smallest absolute Gasteiger partial charge is 0.144 e. The molecule has 3 rings (SSSR count). The standard InChI is InChI=1S/C14H17BrF2N2/c15-11-3-4-12(16)10(14(11)17)8-19-6-5-18-7-13(19)9-1-2-9/h3-4,9,13,18H,1-2,5-8H2. The van der Waals surface area contributed by atoms with Gasteiger partial charge in [0.25, 0.3) is 0 Å². The van der Waals surface area contributed by atoms with Crippen LogP contribution in [-0.2, 0) is 6.54 Å². The Labute approximate surface area is 120 Å². The lowest BCUT2D eigenvalue weighted by atomic mass is 10.1. The van der Waals surface area contributed by atoms with Crippen LogP contribution in [0.2, 0.25) is 0 Å². The quantitative estimate of drug-likeness (QED) is 0.857. The van der Waals surface area contributed by atoms with Crippen molar-refractivity contribution >= 4 is 15.9 Å². The second-order valence-corrected chi connectivity index (χ2v) is 6.26. The average molecular weight is 331 g/mol. The van der Waals surface area contributed by atoms with Crippen LogP contribution in [0.15, 0.2) is 16.6 Å². The second-order valence-electron chi connectivity index (χ2n) is 5.40. The number of halogens is 3. The molecule has 2 fully saturated rings. The third-order valence-electron chi connectivity index (χ3n) is 4.06. The van der Waals surface area contributed by atoms with Crippen molar-refractivity contribution in [2.24, 2.45) is 5.92 Å². The van der Waals surface area contributed by atoms with Crippen LogP contribution >= 0.6 is 15.9 Å². The van der Waals surface area contributed by atoms with Gasteiger partial charge in [-0.25, -0.2) is 8.78 Å². The molecular weight excluding hydrogens is 314 g/mol. The normalized spacial score (nSPS) is 24.7. The summed E-state index contributed by atoms with van der Waals surface area (Å²) in [6.45, 7) is 3.04. The van der Waals surface area contributed by atoms with Gasteiger partial charge in [0.15, 0.2) is 0 Å². The first-order valence-electron chi connectivity index (χ1n) is 6.74. The third-order valence-corrected chi connectivity index (χ3v) is 4.68. The van der Waals surface area contributed by atoms with Crippen LogP contribution in [-0.4, -0.2) is 30.6 Å². The molecule has 104 valence electrons. The number of rotatable bonds is 3. The van der Waals surface area contributed by atoms with Crippen molar-refractivity contribution in [2.45, 2.75) is 25.4 Å². The summed E-state index contributed by atoms with van der Waals surface area (Å²) in [6.07, 6.45) is 2.48. The minimum atomic E-state index is -0.465. The minimum absolute atomic E-state index is 0.182. The molecule has 0 bridgehead atoms. The van der Waals surface area contributed by atoms with E-state index in [2.05, 4.69) is 26.1 Å². The molecule has 19 heavy (non-hydrogen) atoms. The van der Waals surface area contributed by atoms with Gasteiger partial charge in [-0.3, -0.25) is 4.90 Å². The first kappa shape index (κ1) is 13.5. The molecule has 0 amide bonds. The van der Waals surface area contributed by atoms with Gasteiger partial charge < -0.3 is 5.32 Å². The second kappa shape index (κ2) is 5.46. The molecule has 5 heteroatoms. The highest BCUT2D eigenvalue weighted by atomic mass is 79.9. The van der Waals surface area contributed by atoms with E-state index in [1.165, 1.54) is 25.0 Å². The number of benzene rings is 1. The van der Waals surface area contributed by atoms with E-state index in [0.717, 1.165) is 19.6 Å². The van der Waals surface area contributed by atoms with E-state index >= 15 is 0 Å². The Bertz CT molecular complexity index is 477. The molecule has 1 N–H and O–H groups in total. The zero-order valence-electron chi connectivity index (χ0n) is 10.6. The monoisotopic (exact) mass is 330 g/mol. The fourth-order valence-electron chi connectivity index (χ4n) is 2.83. The van der Waals surface area contributed by atoms with Crippen molar-refractivity contribution in [2.75, 3.05) is 19.6 Å². The maximum Gasteiger partial charge on any atom is 0.144 e. The van der Waals surface area contributed by atoms with Crippen LogP contribution in [0.1, 0.15) is 18.4 Å². The van der Waals surface area contributed by atoms with Crippen LogP contribution in [0.25, 0.3) is 0 Å². The average Bonchev–Trinajstić information content (AvgIpc) is 3.24. The molecule has 1 aromatic rings. The van der Waals surface area contributed by atoms with Crippen LogP contribution in [0, 0.1) is 17.6 Å². The van der Waals surface area contributed by atoms with Crippen molar-refractivity contribution in [3.05, 3.63) is 33.8 Å². The van der Waals surface area contributed by atoms with E-state index in [9.17, 15) is 8.78 Å². The molecule has 1 aliphatic carbocycles. The fourth-order valence-corrected chi connectivity index (χ4v) is 3.20. The van der Waals surface area contributed by atoms with Gasteiger partial charge >= 0.3 is 0 Å².